The number of allylic oxidation sites excluding steroid dienone is 8. The molecule has 3 aliphatic carbocycles. The Bertz CT molecular complexity index is 3350. The lowest BCUT2D eigenvalue weighted by Crippen LogP contribution is -2.31. The number of rotatable bonds is 3. The van der Waals surface area contributed by atoms with Gasteiger partial charge in [0.1, 0.15) is 0 Å². The molecule has 0 atom stereocenters. The minimum absolute atomic E-state index is 0.403. The van der Waals surface area contributed by atoms with E-state index in [4.69, 9.17) is 0 Å². The van der Waals surface area contributed by atoms with Gasteiger partial charge in [-0.2, -0.15) is 0 Å². The van der Waals surface area contributed by atoms with Gasteiger partial charge in [0.15, 0.2) is 0 Å². The molecule has 2 aromatic heterocycles. The Morgan fingerprint density at radius 2 is 1.02 bits per heavy atom. The van der Waals surface area contributed by atoms with E-state index in [1.165, 1.54) is 116 Å². The molecule has 0 N–H and O–H groups in total. The molecule has 2 nitrogen and oxygen atoms in total. The van der Waals surface area contributed by atoms with Crippen LogP contribution < -0.4 is 0 Å². The van der Waals surface area contributed by atoms with E-state index in [2.05, 4.69) is 205 Å². The fraction of sp³-hybridized carbons (Fsp3) is 0.194. The van der Waals surface area contributed by atoms with Crippen LogP contribution in [0.4, 0.5) is 0 Å². The Balaban J connectivity index is 0.000000677. The van der Waals surface area contributed by atoms with E-state index in [0.29, 0.717) is 0 Å². The van der Waals surface area contributed by atoms with Gasteiger partial charge in [0.25, 0.3) is 0 Å². The molecule has 1 aliphatic heterocycles. The van der Waals surface area contributed by atoms with Crippen LogP contribution in [-0.2, 0) is 5.41 Å². The van der Waals surface area contributed by atoms with E-state index < -0.39 is 5.41 Å². The van der Waals surface area contributed by atoms with Crippen LogP contribution in [0, 0.1) is 0 Å². The summed E-state index contributed by atoms with van der Waals surface area (Å²) in [7, 11) is 0. The fourth-order valence-corrected chi connectivity index (χ4v) is 12.1. The van der Waals surface area contributed by atoms with Crippen LogP contribution in [-0.4, -0.2) is 9.13 Å². The first kappa shape index (κ1) is 42.4. The van der Waals surface area contributed by atoms with Gasteiger partial charge in [0.05, 0.1) is 27.5 Å². The van der Waals surface area contributed by atoms with Gasteiger partial charge in [-0.3, -0.25) is 0 Å². The number of fused-ring (bicyclic) bond motifs is 15. The van der Waals surface area contributed by atoms with Gasteiger partial charge in [-0.05, 0) is 131 Å². The van der Waals surface area contributed by atoms with Crippen LogP contribution in [0.5, 0.6) is 0 Å². The molecule has 13 rings (SSSR count). The molecule has 65 heavy (non-hydrogen) atoms. The first-order valence-corrected chi connectivity index (χ1v) is 24.8. The summed E-state index contributed by atoms with van der Waals surface area (Å²) in [5, 5.41) is 5.27. The summed E-state index contributed by atoms with van der Waals surface area (Å²) < 4.78 is 5.06. The average molecular weight is 863 g/mol. The number of hydrogen-bond acceptors (Lipinski definition) is 1. The molecule has 0 amide bonds. The van der Waals surface area contributed by atoms with Crippen LogP contribution in [0.2, 0.25) is 0 Å². The van der Waals surface area contributed by atoms with Crippen molar-refractivity contribution < 1.29 is 0 Å². The first-order valence-electron chi connectivity index (χ1n) is 24.0. The zero-order valence-corrected chi connectivity index (χ0v) is 39.5. The molecular formula is C62H58N2S. The monoisotopic (exact) mass is 862 g/mol. The minimum atomic E-state index is -0.403. The minimum Gasteiger partial charge on any atom is -0.313 e. The third-order valence-corrected chi connectivity index (χ3v) is 14.5. The molecule has 1 spiro atoms. The third-order valence-electron chi connectivity index (χ3n) is 13.4. The van der Waals surface area contributed by atoms with Crippen LogP contribution in [0.3, 0.4) is 0 Å². The van der Waals surface area contributed by atoms with Crippen LogP contribution in [0.15, 0.2) is 192 Å². The largest absolute Gasteiger partial charge is 0.313 e. The van der Waals surface area contributed by atoms with E-state index in [9.17, 15) is 0 Å². The zero-order chi connectivity index (χ0) is 44.7. The summed E-state index contributed by atoms with van der Waals surface area (Å²) >= 11 is 1.91. The van der Waals surface area contributed by atoms with Gasteiger partial charge < -0.3 is 9.13 Å². The molecule has 0 saturated carbocycles. The Morgan fingerprint density at radius 3 is 1.65 bits per heavy atom. The molecule has 0 saturated heterocycles. The van der Waals surface area contributed by atoms with E-state index in [1.54, 1.807) is 0 Å². The van der Waals surface area contributed by atoms with Crippen molar-refractivity contribution in [3.05, 3.63) is 210 Å². The quantitative estimate of drug-likeness (QED) is 0.172. The fourth-order valence-electron chi connectivity index (χ4n) is 10.9. The second-order valence-electron chi connectivity index (χ2n) is 16.9. The Kier molecular flexibility index (Phi) is 11.6. The van der Waals surface area contributed by atoms with Gasteiger partial charge in [-0.15, -0.1) is 0 Å². The summed E-state index contributed by atoms with van der Waals surface area (Å²) in [4.78, 5) is 2.67. The molecule has 3 heteroatoms. The Hall–Kier alpha value is -6.55. The lowest BCUT2D eigenvalue weighted by molar-refractivity contribution is 0.723. The number of hydrogen-bond donors (Lipinski definition) is 0. The maximum Gasteiger partial charge on any atom is 0.0736 e. The highest BCUT2D eigenvalue weighted by atomic mass is 32.2. The van der Waals surface area contributed by atoms with E-state index in [0.717, 1.165) is 25.7 Å². The number of aromatic nitrogens is 2. The maximum atomic E-state index is 2.58. The summed E-state index contributed by atoms with van der Waals surface area (Å²) in [6.45, 7) is 12.2. The summed E-state index contributed by atoms with van der Waals surface area (Å²) in [6, 6.07) is 57.5. The van der Waals surface area contributed by atoms with Crippen molar-refractivity contribution in [3.8, 4) is 11.1 Å². The number of nitrogens with zero attached hydrogens (tertiary/aromatic N) is 2. The lowest BCUT2D eigenvalue weighted by atomic mass is 9.67. The summed E-state index contributed by atoms with van der Waals surface area (Å²) in [5.74, 6) is 0. The highest BCUT2D eigenvalue weighted by molar-refractivity contribution is 7.99. The summed E-state index contributed by atoms with van der Waals surface area (Å²) in [6.07, 6.45) is 16.9. The van der Waals surface area contributed by atoms with Crippen LogP contribution in [0.1, 0.15) is 101 Å². The molecule has 3 heterocycles. The van der Waals surface area contributed by atoms with Crippen molar-refractivity contribution >= 4 is 72.3 Å². The molecule has 0 fully saturated rings. The highest BCUT2D eigenvalue weighted by Gasteiger charge is 2.50. The van der Waals surface area contributed by atoms with Crippen molar-refractivity contribution in [1.29, 1.82) is 0 Å². The number of para-hydroxylation sites is 2. The Labute approximate surface area is 389 Å². The predicted octanol–water partition coefficient (Wildman–Crippen LogP) is 18.1. The molecule has 0 unspecified atom stereocenters. The van der Waals surface area contributed by atoms with Crippen molar-refractivity contribution in [2.45, 2.75) is 88.9 Å². The molecule has 322 valence electrons. The lowest BCUT2D eigenvalue weighted by Gasteiger charge is -2.39. The van der Waals surface area contributed by atoms with Crippen LogP contribution in [0.25, 0.3) is 71.7 Å². The third kappa shape index (κ3) is 6.61. The standard InChI is InChI=1S/C55H38N2S.C3H8.2C2H6/c1-2-14-37(15-3-1)56-49-22-10-5-17-40(49)43-32-36(28-31-51(43)56)35-26-29-38(30-27-35)57-50-23-11-6-18-41(50)44-33-42-39-16-4-7-19-45(39)55(48(42)34-52(44)57)46-20-8-12-24-53(46)58-54-25-13-9-21-47(54)55;1-3-2;2*1-2/h1-2,4-14,16-26,28-29,31-34H,3,15,27,30H2;3H2,1-2H3;2*1-2H3. The number of benzene rings is 7. The topological polar surface area (TPSA) is 9.86 Å². The normalized spacial score (nSPS) is 15.0. The molecule has 0 radical (unpaired) electrons. The molecule has 0 bridgehead atoms. The van der Waals surface area contributed by atoms with E-state index in [1.807, 2.05) is 39.5 Å². The van der Waals surface area contributed by atoms with Gasteiger partial charge in [-0.25, -0.2) is 0 Å². The molecular weight excluding hydrogens is 805 g/mol. The summed E-state index contributed by atoms with van der Waals surface area (Å²) in [5.41, 5.74) is 18.3. The maximum absolute atomic E-state index is 2.58. The van der Waals surface area contributed by atoms with Gasteiger partial charge in [0, 0.05) is 42.7 Å². The van der Waals surface area contributed by atoms with E-state index in [-0.39, 0.29) is 0 Å². The first-order chi connectivity index (χ1) is 32.2. The average Bonchev–Trinajstić information content (AvgIpc) is 3.99. The SMILES string of the molecule is C1=CCCC(n2c3ccccc3c3cc(C4=CC=C(n5c6ccccc6c6cc7c(cc65)C5(c6ccccc6Sc6ccccc65)c5ccccc5-7)CC4)ccc32)=C1.CC.CC.CCC. The molecule has 9 aromatic rings. The van der Waals surface area contributed by atoms with Crippen molar-refractivity contribution in [3.63, 3.8) is 0 Å². The van der Waals surface area contributed by atoms with Gasteiger partial charge >= 0.3 is 0 Å². The zero-order valence-electron chi connectivity index (χ0n) is 38.7. The second-order valence-corrected chi connectivity index (χ2v) is 18.0. The molecule has 7 aromatic carbocycles. The Morgan fingerprint density at radius 1 is 0.462 bits per heavy atom. The van der Waals surface area contributed by atoms with Crippen molar-refractivity contribution in [1.82, 2.24) is 9.13 Å². The smallest absolute Gasteiger partial charge is 0.0736 e. The van der Waals surface area contributed by atoms with Crippen molar-refractivity contribution in [2.75, 3.05) is 0 Å². The second kappa shape index (κ2) is 17.8. The predicted molar refractivity (Wildman–Crippen MR) is 283 cm³/mol. The van der Waals surface area contributed by atoms with Crippen LogP contribution >= 0.6 is 11.8 Å². The van der Waals surface area contributed by atoms with Gasteiger partial charge in [0.2, 0.25) is 0 Å². The van der Waals surface area contributed by atoms with E-state index >= 15 is 0 Å². The highest BCUT2D eigenvalue weighted by Crippen LogP contribution is 2.63. The van der Waals surface area contributed by atoms with Gasteiger partial charge in [-0.1, -0.05) is 181 Å². The van der Waals surface area contributed by atoms with Crippen molar-refractivity contribution in [2.24, 2.45) is 0 Å². The molecule has 4 aliphatic rings.